The molecule has 0 spiro atoms. The Balaban J connectivity index is 1.53. The molecule has 0 aromatic carbocycles. The predicted octanol–water partition coefficient (Wildman–Crippen LogP) is 1.69. The van der Waals surface area contributed by atoms with Gasteiger partial charge in [0.2, 0.25) is 5.95 Å². The van der Waals surface area contributed by atoms with Gasteiger partial charge in [0.25, 0.3) is 0 Å². The zero-order chi connectivity index (χ0) is 17.0. The number of piperidine rings is 1. The first kappa shape index (κ1) is 17.6. The van der Waals surface area contributed by atoms with Crippen LogP contribution in [0, 0.1) is 5.92 Å². The van der Waals surface area contributed by atoms with Crippen molar-refractivity contribution in [2.45, 2.75) is 44.8 Å². The van der Waals surface area contributed by atoms with Crippen LogP contribution in [0.4, 0.5) is 5.95 Å². The summed E-state index contributed by atoms with van der Waals surface area (Å²) < 4.78 is 5.14. The SMILES string of the molecule is COCC[C@]1(O)CCN(Cc2cnc(N3CCCC3)nc2)C[C@H]1C. The van der Waals surface area contributed by atoms with Gasteiger partial charge in [-0.25, -0.2) is 9.97 Å². The molecule has 0 saturated carbocycles. The van der Waals surface area contributed by atoms with E-state index in [1.54, 1.807) is 7.11 Å². The number of rotatable bonds is 6. The third-order valence-corrected chi connectivity index (χ3v) is 5.54. The summed E-state index contributed by atoms with van der Waals surface area (Å²) in [5, 5.41) is 10.8. The second-order valence-corrected chi connectivity index (χ2v) is 7.32. The summed E-state index contributed by atoms with van der Waals surface area (Å²) >= 11 is 0. The lowest BCUT2D eigenvalue weighted by molar-refractivity contribution is -0.0827. The van der Waals surface area contributed by atoms with E-state index in [0.29, 0.717) is 13.0 Å². The first-order valence-corrected chi connectivity index (χ1v) is 9.10. The number of methoxy groups -OCH3 is 1. The highest BCUT2D eigenvalue weighted by molar-refractivity contribution is 5.30. The molecule has 1 aromatic heterocycles. The Morgan fingerprint density at radius 2 is 1.96 bits per heavy atom. The fourth-order valence-corrected chi connectivity index (χ4v) is 3.81. The van der Waals surface area contributed by atoms with Crippen molar-refractivity contribution in [2.24, 2.45) is 5.92 Å². The zero-order valence-corrected chi connectivity index (χ0v) is 14.9. The molecule has 2 saturated heterocycles. The lowest BCUT2D eigenvalue weighted by Gasteiger charge is -2.43. The third-order valence-electron chi connectivity index (χ3n) is 5.54. The van der Waals surface area contributed by atoms with Crippen LogP contribution < -0.4 is 4.90 Å². The molecule has 1 aromatic rings. The van der Waals surface area contributed by atoms with E-state index in [9.17, 15) is 5.11 Å². The van der Waals surface area contributed by atoms with Crippen LogP contribution in [0.15, 0.2) is 12.4 Å². The molecule has 1 N–H and O–H groups in total. The Kier molecular flexibility index (Phi) is 5.69. The fraction of sp³-hybridized carbons (Fsp3) is 0.778. The molecule has 6 nitrogen and oxygen atoms in total. The topological polar surface area (TPSA) is 61.7 Å². The van der Waals surface area contributed by atoms with E-state index in [4.69, 9.17) is 4.74 Å². The number of likely N-dealkylation sites (tertiary alicyclic amines) is 1. The molecule has 0 bridgehead atoms. The molecule has 2 atom stereocenters. The van der Waals surface area contributed by atoms with Crippen molar-refractivity contribution >= 4 is 5.95 Å². The molecule has 6 heteroatoms. The molecule has 0 radical (unpaired) electrons. The summed E-state index contributed by atoms with van der Waals surface area (Å²) in [4.78, 5) is 13.7. The van der Waals surface area contributed by atoms with Gasteiger partial charge in [-0.05, 0) is 31.6 Å². The molecule has 0 aliphatic carbocycles. The second-order valence-electron chi connectivity index (χ2n) is 7.32. The van der Waals surface area contributed by atoms with Gasteiger partial charge in [0.1, 0.15) is 0 Å². The van der Waals surface area contributed by atoms with Crippen LogP contribution in [-0.4, -0.2) is 65.5 Å². The van der Waals surface area contributed by atoms with E-state index in [0.717, 1.165) is 50.7 Å². The second kappa shape index (κ2) is 7.76. The Labute approximate surface area is 144 Å². The molecule has 3 heterocycles. The highest BCUT2D eigenvalue weighted by Crippen LogP contribution is 2.31. The molecule has 24 heavy (non-hydrogen) atoms. The van der Waals surface area contributed by atoms with Crippen LogP contribution in [-0.2, 0) is 11.3 Å². The maximum atomic E-state index is 10.8. The largest absolute Gasteiger partial charge is 0.389 e. The molecule has 3 rings (SSSR count). The van der Waals surface area contributed by atoms with Gasteiger partial charge in [-0.15, -0.1) is 0 Å². The van der Waals surface area contributed by atoms with Crippen LogP contribution >= 0.6 is 0 Å². The van der Waals surface area contributed by atoms with Crippen molar-refractivity contribution < 1.29 is 9.84 Å². The van der Waals surface area contributed by atoms with Gasteiger partial charge >= 0.3 is 0 Å². The summed E-state index contributed by atoms with van der Waals surface area (Å²) in [6, 6.07) is 0. The molecule has 0 amide bonds. The number of hydrogen-bond donors (Lipinski definition) is 1. The van der Waals surface area contributed by atoms with Crippen molar-refractivity contribution in [1.29, 1.82) is 0 Å². The van der Waals surface area contributed by atoms with Crippen LogP contribution in [0.3, 0.4) is 0 Å². The van der Waals surface area contributed by atoms with E-state index >= 15 is 0 Å². The first-order valence-electron chi connectivity index (χ1n) is 9.10. The van der Waals surface area contributed by atoms with E-state index in [1.165, 1.54) is 12.8 Å². The van der Waals surface area contributed by atoms with Gasteiger partial charge < -0.3 is 14.7 Å². The standard InChI is InChI=1S/C18H30N4O2/c1-15-13-21(9-5-18(15,23)6-10-24-2)14-16-11-19-17(20-12-16)22-7-3-4-8-22/h11-12,15,23H,3-10,13-14H2,1-2H3/t15-,18-/m1/s1. The highest BCUT2D eigenvalue weighted by Gasteiger charge is 2.38. The normalized spacial score (nSPS) is 28.5. The Morgan fingerprint density at radius 1 is 1.25 bits per heavy atom. The number of ether oxygens (including phenoxy) is 1. The number of aromatic nitrogens is 2. The number of nitrogens with zero attached hydrogens (tertiary/aromatic N) is 4. The smallest absolute Gasteiger partial charge is 0.225 e. The minimum absolute atomic E-state index is 0.242. The average Bonchev–Trinajstić information content (AvgIpc) is 3.12. The highest BCUT2D eigenvalue weighted by atomic mass is 16.5. The maximum absolute atomic E-state index is 10.8. The maximum Gasteiger partial charge on any atom is 0.225 e. The summed E-state index contributed by atoms with van der Waals surface area (Å²) in [6.45, 7) is 7.55. The van der Waals surface area contributed by atoms with Gasteiger partial charge in [-0.2, -0.15) is 0 Å². The molecule has 134 valence electrons. The van der Waals surface area contributed by atoms with Crippen LogP contribution in [0.1, 0.15) is 38.2 Å². The lowest BCUT2D eigenvalue weighted by atomic mass is 9.80. The Morgan fingerprint density at radius 3 is 2.58 bits per heavy atom. The molecule has 2 aliphatic heterocycles. The third kappa shape index (κ3) is 4.05. The van der Waals surface area contributed by atoms with Crippen molar-refractivity contribution in [3.63, 3.8) is 0 Å². The minimum Gasteiger partial charge on any atom is -0.389 e. The first-order chi connectivity index (χ1) is 11.6. The van der Waals surface area contributed by atoms with Gasteiger partial charge in [-0.3, -0.25) is 4.90 Å². The lowest BCUT2D eigenvalue weighted by Crippen LogP contribution is -2.51. The van der Waals surface area contributed by atoms with Crippen molar-refractivity contribution in [3.8, 4) is 0 Å². The monoisotopic (exact) mass is 334 g/mol. The van der Waals surface area contributed by atoms with Gasteiger partial charge in [0.05, 0.1) is 5.60 Å². The van der Waals surface area contributed by atoms with E-state index in [2.05, 4.69) is 26.7 Å². The summed E-state index contributed by atoms with van der Waals surface area (Å²) in [6.07, 6.45) is 7.90. The van der Waals surface area contributed by atoms with Crippen molar-refractivity contribution in [3.05, 3.63) is 18.0 Å². The molecular formula is C18H30N4O2. The van der Waals surface area contributed by atoms with E-state index in [-0.39, 0.29) is 5.92 Å². The quantitative estimate of drug-likeness (QED) is 0.854. The number of anilines is 1. The van der Waals surface area contributed by atoms with Crippen molar-refractivity contribution in [2.75, 3.05) is 44.8 Å². The van der Waals surface area contributed by atoms with Crippen molar-refractivity contribution in [1.82, 2.24) is 14.9 Å². The van der Waals surface area contributed by atoms with Gasteiger partial charge in [-0.1, -0.05) is 6.92 Å². The van der Waals surface area contributed by atoms with Crippen LogP contribution in [0.2, 0.25) is 0 Å². The summed E-state index contributed by atoms with van der Waals surface area (Å²) in [7, 11) is 1.69. The van der Waals surface area contributed by atoms with Gasteiger partial charge in [0.15, 0.2) is 0 Å². The molecule has 2 fully saturated rings. The van der Waals surface area contributed by atoms with Gasteiger partial charge in [0, 0.05) is 64.4 Å². The molecule has 0 unspecified atom stereocenters. The minimum atomic E-state index is -0.595. The summed E-state index contributed by atoms with van der Waals surface area (Å²) in [5.74, 6) is 1.10. The predicted molar refractivity (Wildman–Crippen MR) is 94.0 cm³/mol. The average molecular weight is 334 g/mol. The Hall–Kier alpha value is -1.24. The zero-order valence-electron chi connectivity index (χ0n) is 14.9. The molecule has 2 aliphatic rings. The molecular weight excluding hydrogens is 304 g/mol. The fourth-order valence-electron chi connectivity index (χ4n) is 3.81. The van der Waals surface area contributed by atoms with Crippen LogP contribution in [0.25, 0.3) is 0 Å². The summed E-state index contributed by atoms with van der Waals surface area (Å²) in [5.41, 5.74) is 0.551. The van der Waals surface area contributed by atoms with E-state index < -0.39 is 5.60 Å². The number of aliphatic hydroxyl groups is 1. The number of hydrogen-bond acceptors (Lipinski definition) is 6. The Bertz CT molecular complexity index is 518. The van der Waals surface area contributed by atoms with E-state index in [1.807, 2.05) is 12.4 Å². The van der Waals surface area contributed by atoms with Crippen LogP contribution in [0.5, 0.6) is 0 Å².